The predicted molar refractivity (Wildman–Crippen MR) is 99.9 cm³/mol. The number of nitrogens with one attached hydrogen (secondary N) is 2. The average molecular weight is 421 g/mol. The Kier molecular flexibility index (Phi) is 8.16. The van der Waals surface area contributed by atoms with Gasteiger partial charge in [-0.25, -0.2) is 9.98 Å². The number of likely N-dealkylation sites (N-methyl/N-ethyl adjacent to an activating group) is 1. The molecule has 0 bridgehead atoms. The van der Waals surface area contributed by atoms with Crippen molar-refractivity contribution in [2.24, 2.45) is 4.99 Å². The molecule has 22 heavy (non-hydrogen) atoms. The van der Waals surface area contributed by atoms with Gasteiger partial charge in [0.2, 0.25) is 5.89 Å². The first-order valence-corrected chi connectivity index (χ1v) is 7.75. The molecule has 0 spiro atoms. The summed E-state index contributed by atoms with van der Waals surface area (Å²) in [5.74, 6) is 2.36. The van der Waals surface area contributed by atoms with Crippen molar-refractivity contribution in [2.45, 2.75) is 46.2 Å². The number of nitrogens with zero attached hydrogens (tertiary/aromatic N) is 3. The van der Waals surface area contributed by atoms with E-state index in [9.17, 15) is 0 Å². The molecule has 7 heteroatoms. The SMILES string of the molecule is CCNC(=NCc1nc(C)c(C)o1)NCC1CCCN1C.I. The zero-order valence-corrected chi connectivity index (χ0v) is 16.3. The maximum absolute atomic E-state index is 5.56. The normalized spacial score (nSPS) is 19.1. The van der Waals surface area contributed by atoms with Crippen LogP contribution in [-0.2, 0) is 6.54 Å². The summed E-state index contributed by atoms with van der Waals surface area (Å²) in [6, 6.07) is 0.597. The smallest absolute Gasteiger partial charge is 0.216 e. The first-order chi connectivity index (χ1) is 10.1. The van der Waals surface area contributed by atoms with Gasteiger partial charge in [0.05, 0.1) is 5.69 Å². The highest BCUT2D eigenvalue weighted by Gasteiger charge is 2.20. The van der Waals surface area contributed by atoms with Crippen LogP contribution in [-0.4, -0.2) is 48.6 Å². The minimum atomic E-state index is 0. The van der Waals surface area contributed by atoms with E-state index in [4.69, 9.17) is 4.42 Å². The average Bonchev–Trinajstić information content (AvgIpc) is 3.00. The third-order valence-electron chi connectivity index (χ3n) is 3.97. The molecular weight excluding hydrogens is 393 g/mol. The highest BCUT2D eigenvalue weighted by atomic mass is 127. The molecule has 2 rings (SSSR count). The maximum Gasteiger partial charge on any atom is 0.216 e. The van der Waals surface area contributed by atoms with Gasteiger partial charge in [-0.1, -0.05) is 0 Å². The van der Waals surface area contributed by atoms with Crippen molar-refractivity contribution in [3.63, 3.8) is 0 Å². The van der Waals surface area contributed by atoms with E-state index < -0.39 is 0 Å². The fraction of sp³-hybridized carbons (Fsp3) is 0.733. The summed E-state index contributed by atoms with van der Waals surface area (Å²) >= 11 is 0. The van der Waals surface area contributed by atoms with Crippen molar-refractivity contribution in [3.05, 3.63) is 17.3 Å². The molecule has 2 N–H and O–H groups in total. The number of hydrogen-bond donors (Lipinski definition) is 2. The highest BCUT2D eigenvalue weighted by molar-refractivity contribution is 14.0. The molecule has 1 aromatic heterocycles. The van der Waals surface area contributed by atoms with Gasteiger partial charge in [-0.15, -0.1) is 24.0 Å². The van der Waals surface area contributed by atoms with Crippen molar-refractivity contribution in [1.82, 2.24) is 20.5 Å². The van der Waals surface area contributed by atoms with Gasteiger partial charge in [-0.05, 0) is 47.2 Å². The van der Waals surface area contributed by atoms with E-state index >= 15 is 0 Å². The van der Waals surface area contributed by atoms with Gasteiger partial charge in [0.1, 0.15) is 12.3 Å². The summed E-state index contributed by atoms with van der Waals surface area (Å²) in [5, 5.41) is 6.68. The molecule has 2 heterocycles. The molecule has 1 saturated heterocycles. The zero-order valence-electron chi connectivity index (χ0n) is 14.0. The molecule has 1 unspecified atom stereocenters. The fourth-order valence-electron chi connectivity index (χ4n) is 2.55. The van der Waals surface area contributed by atoms with Gasteiger partial charge in [-0.2, -0.15) is 0 Å². The van der Waals surface area contributed by atoms with Crippen molar-refractivity contribution >= 4 is 29.9 Å². The van der Waals surface area contributed by atoms with Crippen LogP contribution in [0.15, 0.2) is 9.41 Å². The number of aliphatic imine (C=N–C) groups is 1. The molecule has 0 aliphatic carbocycles. The van der Waals surface area contributed by atoms with Crippen LogP contribution in [0.3, 0.4) is 0 Å². The first kappa shape index (κ1) is 19.2. The Morgan fingerprint density at radius 1 is 1.41 bits per heavy atom. The number of aryl methyl sites for hydroxylation is 2. The number of rotatable bonds is 5. The summed E-state index contributed by atoms with van der Waals surface area (Å²) in [6.45, 7) is 9.36. The summed E-state index contributed by atoms with van der Waals surface area (Å²) in [4.78, 5) is 11.3. The van der Waals surface area contributed by atoms with Crippen molar-refractivity contribution < 1.29 is 4.42 Å². The molecule has 0 amide bonds. The van der Waals surface area contributed by atoms with Crippen LogP contribution in [0.4, 0.5) is 0 Å². The molecule has 0 radical (unpaired) electrons. The van der Waals surface area contributed by atoms with Gasteiger partial charge >= 0.3 is 0 Å². The van der Waals surface area contributed by atoms with Crippen molar-refractivity contribution in [1.29, 1.82) is 0 Å². The molecule has 1 fully saturated rings. The Morgan fingerprint density at radius 2 is 2.18 bits per heavy atom. The van der Waals surface area contributed by atoms with E-state index in [-0.39, 0.29) is 24.0 Å². The maximum atomic E-state index is 5.56. The van der Waals surface area contributed by atoms with E-state index in [2.05, 4.69) is 39.5 Å². The topological polar surface area (TPSA) is 65.7 Å². The lowest BCUT2D eigenvalue weighted by atomic mass is 10.2. The summed E-state index contributed by atoms with van der Waals surface area (Å²) < 4.78 is 5.56. The molecule has 0 aromatic carbocycles. The zero-order chi connectivity index (χ0) is 15.2. The number of hydrogen-bond acceptors (Lipinski definition) is 4. The van der Waals surface area contributed by atoms with Gasteiger partial charge in [0.25, 0.3) is 0 Å². The summed E-state index contributed by atoms with van der Waals surface area (Å²) in [7, 11) is 2.18. The van der Waals surface area contributed by atoms with Crippen molar-refractivity contribution in [2.75, 3.05) is 26.7 Å². The van der Waals surface area contributed by atoms with E-state index in [1.165, 1.54) is 19.4 Å². The lowest BCUT2D eigenvalue weighted by Gasteiger charge is -2.21. The monoisotopic (exact) mass is 421 g/mol. The van der Waals surface area contributed by atoms with Gasteiger partial charge in [-0.3, -0.25) is 0 Å². The fourth-order valence-corrected chi connectivity index (χ4v) is 2.55. The Morgan fingerprint density at radius 3 is 2.73 bits per heavy atom. The molecule has 6 nitrogen and oxygen atoms in total. The third-order valence-corrected chi connectivity index (χ3v) is 3.97. The van der Waals surface area contributed by atoms with Crippen LogP contribution in [0.1, 0.15) is 37.1 Å². The number of aromatic nitrogens is 1. The summed E-state index contributed by atoms with van der Waals surface area (Å²) in [5.41, 5.74) is 0.936. The standard InChI is InChI=1S/C15H27N5O.HI/c1-5-16-15(17-9-13-7-6-8-20(13)4)18-10-14-19-11(2)12(3)21-14;/h13H,5-10H2,1-4H3,(H2,16,17,18);1H. The quantitative estimate of drug-likeness (QED) is 0.433. The minimum Gasteiger partial charge on any atom is -0.444 e. The molecular formula is C15H28IN5O. The molecule has 0 saturated carbocycles. The van der Waals surface area contributed by atoms with Crippen LogP contribution in [0.25, 0.3) is 0 Å². The van der Waals surface area contributed by atoms with E-state index in [1.54, 1.807) is 0 Å². The number of oxazole rings is 1. The molecule has 1 aliphatic rings. The molecule has 1 aliphatic heterocycles. The van der Waals surface area contributed by atoms with Crippen LogP contribution in [0, 0.1) is 13.8 Å². The molecule has 1 atom stereocenters. The second kappa shape index (κ2) is 9.34. The van der Waals surface area contributed by atoms with E-state index in [0.717, 1.165) is 30.5 Å². The Hall–Kier alpha value is -0.830. The predicted octanol–water partition coefficient (Wildman–Crippen LogP) is 2.06. The Bertz CT molecular complexity index is 469. The van der Waals surface area contributed by atoms with Crippen LogP contribution >= 0.6 is 24.0 Å². The van der Waals surface area contributed by atoms with Crippen LogP contribution in [0.2, 0.25) is 0 Å². The largest absolute Gasteiger partial charge is 0.444 e. The third kappa shape index (κ3) is 5.42. The molecule has 1 aromatic rings. The van der Waals surface area contributed by atoms with Crippen LogP contribution in [0.5, 0.6) is 0 Å². The Labute approximate surface area is 150 Å². The number of likely N-dealkylation sites (tertiary alicyclic amines) is 1. The van der Waals surface area contributed by atoms with Gasteiger partial charge < -0.3 is 20.0 Å². The minimum absolute atomic E-state index is 0. The summed E-state index contributed by atoms with van der Waals surface area (Å²) in [6.07, 6.45) is 2.53. The second-order valence-electron chi connectivity index (χ2n) is 5.60. The Balaban J connectivity index is 0.00000242. The lowest BCUT2D eigenvalue weighted by molar-refractivity contribution is 0.309. The second-order valence-corrected chi connectivity index (χ2v) is 5.60. The number of halogens is 1. The first-order valence-electron chi connectivity index (χ1n) is 7.75. The van der Waals surface area contributed by atoms with Crippen molar-refractivity contribution in [3.8, 4) is 0 Å². The highest BCUT2D eigenvalue weighted by Crippen LogP contribution is 2.13. The van der Waals surface area contributed by atoms with E-state index in [1.807, 2.05) is 13.8 Å². The lowest BCUT2D eigenvalue weighted by Crippen LogP contribution is -2.44. The van der Waals surface area contributed by atoms with E-state index in [0.29, 0.717) is 18.5 Å². The number of guanidine groups is 1. The molecule has 126 valence electrons. The van der Waals surface area contributed by atoms with Gasteiger partial charge in [0.15, 0.2) is 5.96 Å². The van der Waals surface area contributed by atoms with Gasteiger partial charge in [0, 0.05) is 19.1 Å². The van der Waals surface area contributed by atoms with Crippen LogP contribution < -0.4 is 10.6 Å².